The van der Waals surface area contributed by atoms with E-state index in [2.05, 4.69) is 0 Å². The molecule has 2 aromatic carbocycles. The molecule has 0 radical (unpaired) electrons. The fourth-order valence-electron chi connectivity index (χ4n) is 1.52. The molecular formula is C14H9Cl2O3-. The molecule has 5 heteroatoms. The minimum atomic E-state index is -1.28. The van der Waals surface area contributed by atoms with Crippen molar-refractivity contribution < 1.29 is 14.6 Å². The lowest BCUT2D eigenvalue weighted by Gasteiger charge is -2.10. The van der Waals surface area contributed by atoms with E-state index in [4.69, 9.17) is 27.9 Å². The number of rotatable bonds is 4. The van der Waals surface area contributed by atoms with E-state index in [0.29, 0.717) is 10.8 Å². The van der Waals surface area contributed by atoms with E-state index in [1.54, 1.807) is 6.07 Å². The molecule has 0 atom stereocenters. The predicted octanol–water partition coefficient (Wildman–Crippen LogP) is 2.94. The maximum absolute atomic E-state index is 10.7. The molecule has 0 saturated heterocycles. The van der Waals surface area contributed by atoms with Gasteiger partial charge in [-0.05, 0) is 29.8 Å². The Morgan fingerprint density at radius 1 is 1.11 bits per heavy atom. The van der Waals surface area contributed by atoms with Crippen molar-refractivity contribution in [3.63, 3.8) is 0 Å². The molecular weight excluding hydrogens is 287 g/mol. The lowest BCUT2D eigenvalue weighted by molar-refractivity contribution is -0.255. The molecule has 0 saturated carbocycles. The van der Waals surface area contributed by atoms with E-state index in [1.807, 2.05) is 18.2 Å². The standard InChI is InChI=1S/C14H10Cl2O3/c15-11-4-2-1-3-10(11)8-19-13-6-5-9(14(17)18)7-12(13)16/h1-7H,8H2,(H,17,18)/p-1. The third-order valence-corrected chi connectivity index (χ3v) is 3.17. The van der Waals surface area contributed by atoms with E-state index in [0.717, 1.165) is 5.56 Å². The molecule has 19 heavy (non-hydrogen) atoms. The number of hydrogen-bond donors (Lipinski definition) is 0. The summed E-state index contributed by atoms with van der Waals surface area (Å²) in [6.45, 7) is 0.254. The topological polar surface area (TPSA) is 49.4 Å². The average molecular weight is 296 g/mol. The van der Waals surface area contributed by atoms with Crippen molar-refractivity contribution in [2.75, 3.05) is 0 Å². The fourth-order valence-corrected chi connectivity index (χ4v) is 1.94. The number of ether oxygens (including phenoxy) is 1. The van der Waals surface area contributed by atoms with Crippen molar-refractivity contribution in [2.24, 2.45) is 0 Å². The molecule has 0 aliphatic heterocycles. The number of aromatic carboxylic acids is 1. The number of halogens is 2. The zero-order valence-corrected chi connectivity index (χ0v) is 11.2. The highest BCUT2D eigenvalue weighted by atomic mass is 35.5. The van der Waals surface area contributed by atoms with Gasteiger partial charge in [0.25, 0.3) is 0 Å². The van der Waals surface area contributed by atoms with Crippen LogP contribution in [0.1, 0.15) is 15.9 Å². The van der Waals surface area contributed by atoms with Crippen LogP contribution >= 0.6 is 23.2 Å². The largest absolute Gasteiger partial charge is 0.545 e. The highest BCUT2D eigenvalue weighted by molar-refractivity contribution is 6.32. The molecule has 2 rings (SSSR count). The van der Waals surface area contributed by atoms with Crippen molar-refractivity contribution in [3.8, 4) is 5.75 Å². The summed E-state index contributed by atoms with van der Waals surface area (Å²) in [5.41, 5.74) is 0.833. The molecule has 0 fully saturated rings. The van der Waals surface area contributed by atoms with Gasteiger partial charge in [-0.25, -0.2) is 0 Å². The molecule has 2 aromatic rings. The number of carbonyl (C=O) groups is 1. The Kier molecular flexibility index (Phi) is 4.30. The van der Waals surface area contributed by atoms with Crippen molar-refractivity contribution in [2.45, 2.75) is 6.61 Å². The van der Waals surface area contributed by atoms with Gasteiger partial charge in [-0.3, -0.25) is 0 Å². The predicted molar refractivity (Wildman–Crippen MR) is 71.6 cm³/mol. The first-order chi connectivity index (χ1) is 9.08. The summed E-state index contributed by atoms with van der Waals surface area (Å²) in [6, 6.07) is 11.4. The Morgan fingerprint density at radius 3 is 2.47 bits per heavy atom. The highest BCUT2D eigenvalue weighted by Crippen LogP contribution is 2.27. The second-order valence-electron chi connectivity index (χ2n) is 3.81. The van der Waals surface area contributed by atoms with Crippen LogP contribution < -0.4 is 9.84 Å². The number of carbonyl (C=O) groups excluding carboxylic acids is 1. The molecule has 0 aliphatic carbocycles. The zero-order chi connectivity index (χ0) is 13.8. The lowest BCUT2D eigenvalue weighted by atomic mass is 10.2. The third kappa shape index (κ3) is 3.40. The maximum Gasteiger partial charge on any atom is 0.138 e. The van der Waals surface area contributed by atoms with Gasteiger partial charge in [0.1, 0.15) is 12.4 Å². The van der Waals surface area contributed by atoms with Gasteiger partial charge in [-0.1, -0.05) is 41.4 Å². The van der Waals surface area contributed by atoms with E-state index >= 15 is 0 Å². The minimum absolute atomic E-state index is 0.00935. The van der Waals surface area contributed by atoms with Crippen molar-refractivity contribution >= 4 is 29.2 Å². The highest BCUT2D eigenvalue weighted by Gasteiger charge is 2.05. The molecule has 0 N–H and O–H groups in total. The Hall–Kier alpha value is -1.71. The van der Waals surface area contributed by atoms with Crippen LogP contribution in [0.25, 0.3) is 0 Å². The molecule has 98 valence electrons. The number of carboxylic acids is 1. The molecule has 0 aromatic heterocycles. The van der Waals surface area contributed by atoms with Gasteiger partial charge in [-0.2, -0.15) is 0 Å². The molecule has 0 bridgehead atoms. The second kappa shape index (κ2) is 5.95. The molecule has 0 heterocycles. The summed E-state index contributed by atoms with van der Waals surface area (Å²) in [7, 11) is 0. The summed E-state index contributed by atoms with van der Waals surface area (Å²) in [5, 5.41) is 11.5. The van der Waals surface area contributed by atoms with E-state index in [1.165, 1.54) is 18.2 Å². The van der Waals surface area contributed by atoms with E-state index in [-0.39, 0.29) is 17.2 Å². The first kappa shape index (κ1) is 13.7. The molecule has 0 amide bonds. The number of carboxylic acid groups (broad SMARTS) is 1. The summed E-state index contributed by atoms with van der Waals surface area (Å²) in [5.74, 6) is -0.883. The summed E-state index contributed by atoms with van der Waals surface area (Å²) < 4.78 is 5.51. The van der Waals surface area contributed by atoms with Crippen LogP contribution in [0.5, 0.6) is 5.75 Å². The van der Waals surface area contributed by atoms with Gasteiger partial charge >= 0.3 is 0 Å². The zero-order valence-electron chi connectivity index (χ0n) is 9.73. The average Bonchev–Trinajstić information content (AvgIpc) is 2.39. The van der Waals surface area contributed by atoms with Crippen LogP contribution in [0.2, 0.25) is 10.0 Å². The summed E-state index contributed by atoms with van der Waals surface area (Å²) in [4.78, 5) is 10.7. The molecule has 0 unspecified atom stereocenters. The lowest BCUT2D eigenvalue weighted by Crippen LogP contribution is -2.22. The molecule has 0 aliphatic rings. The third-order valence-electron chi connectivity index (χ3n) is 2.51. The Labute approximate surface area is 120 Å². The fraction of sp³-hybridized carbons (Fsp3) is 0.0714. The van der Waals surface area contributed by atoms with Gasteiger partial charge in [0.05, 0.1) is 11.0 Å². The maximum atomic E-state index is 10.7. The van der Waals surface area contributed by atoms with Crippen LogP contribution in [-0.4, -0.2) is 5.97 Å². The Bertz CT molecular complexity index is 611. The van der Waals surface area contributed by atoms with Gasteiger partial charge in [0.2, 0.25) is 0 Å². The van der Waals surface area contributed by atoms with Crippen molar-refractivity contribution in [1.82, 2.24) is 0 Å². The second-order valence-corrected chi connectivity index (χ2v) is 4.63. The van der Waals surface area contributed by atoms with Crippen LogP contribution in [0.3, 0.4) is 0 Å². The Morgan fingerprint density at radius 2 is 1.84 bits per heavy atom. The van der Waals surface area contributed by atoms with Gasteiger partial charge < -0.3 is 14.6 Å². The van der Waals surface area contributed by atoms with Crippen molar-refractivity contribution in [3.05, 3.63) is 63.6 Å². The van der Waals surface area contributed by atoms with Crippen molar-refractivity contribution in [1.29, 1.82) is 0 Å². The smallest absolute Gasteiger partial charge is 0.138 e. The van der Waals surface area contributed by atoms with Gasteiger partial charge in [0.15, 0.2) is 0 Å². The van der Waals surface area contributed by atoms with Crippen LogP contribution in [0, 0.1) is 0 Å². The SMILES string of the molecule is O=C([O-])c1ccc(OCc2ccccc2Cl)c(Cl)c1. The summed E-state index contributed by atoms with van der Waals surface area (Å²) in [6.07, 6.45) is 0. The quantitative estimate of drug-likeness (QED) is 0.871. The van der Waals surface area contributed by atoms with Gasteiger partial charge in [-0.15, -0.1) is 0 Å². The van der Waals surface area contributed by atoms with Crippen LogP contribution in [-0.2, 0) is 6.61 Å². The first-order valence-electron chi connectivity index (χ1n) is 5.45. The first-order valence-corrected chi connectivity index (χ1v) is 6.20. The van der Waals surface area contributed by atoms with Gasteiger partial charge in [0, 0.05) is 10.6 Å². The van der Waals surface area contributed by atoms with E-state index in [9.17, 15) is 9.90 Å². The number of benzene rings is 2. The number of hydrogen-bond acceptors (Lipinski definition) is 3. The summed E-state index contributed by atoms with van der Waals surface area (Å²) >= 11 is 11.9. The monoisotopic (exact) mass is 295 g/mol. The van der Waals surface area contributed by atoms with E-state index < -0.39 is 5.97 Å². The normalized spacial score (nSPS) is 10.2. The minimum Gasteiger partial charge on any atom is -0.545 e. The van der Waals surface area contributed by atoms with Crippen LogP contribution in [0.4, 0.5) is 0 Å². The Balaban J connectivity index is 2.12. The van der Waals surface area contributed by atoms with Crippen LogP contribution in [0.15, 0.2) is 42.5 Å². The molecule has 0 spiro atoms. The molecule has 3 nitrogen and oxygen atoms in total.